The first kappa shape index (κ1) is 17.7. The Morgan fingerprint density at radius 1 is 1.26 bits per heavy atom. The number of aryl methyl sites for hydroxylation is 1. The number of para-hydroxylation sites is 1. The van der Waals surface area contributed by atoms with Gasteiger partial charge in [0, 0.05) is 18.9 Å². The molecule has 6 nitrogen and oxygen atoms in total. The molecule has 1 heterocycles. The molecular formula is C21H24N4O2. The van der Waals surface area contributed by atoms with Crippen molar-refractivity contribution in [3.63, 3.8) is 0 Å². The number of nitrogens with zero attached hydrogens (tertiary/aromatic N) is 3. The largest absolute Gasteiger partial charge is 0.338 e. The second kappa shape index (κ2) is 7.15. The topological polar surface area (TPSA) is 87.8 Å². The van der Waals surface area contributed by atoms with Gasteiger partial charge in [-0.15, -0.1) is 0 Å². The average Bonchev–Trinajstić information content (AvgIpc) is 3.52. The highest BCUT2D eigenvalue weighted by Gasteiger charge is 2.34. The standard InChI is InChI=1S/C21H24N4O2/c22-14-21(12-4-1-5-13-21)24-19(26)11-10-18-23-17-7-3-2-6-16(17)20(27)25(18)15-8-9-15/h2-3,6-7,15H,1,4-5,8-13H2,(H,24,26). The molecule has 1 N–H and O–H groups in total. The third-order valence-corrected chi connectivity index (χ3v) is 5.67. The zero-order valence-electron chi connectivity index (χ0n) is 15.4. The van der Waals surface area contributed by atoms with E-state index in [1.807, 2.05) is 18.2 Å². The highest BCUT2D eigenvalue weighted by molar-refractivity contribution is 5.78. The van der Waals surface area contributed by atoms with Gasteiger partial charge in [-0.1, -0.05) is 31.4 Å². The number of hydrogen-bond donors (Lipinski definition) is 1. The van der Waals surface area contributed by atoms with Crippen molar-refractivity contribution in [2.24, 2.45) is 0 Å². The van der Waals surface area contributed by atoms with Crippen molar-refractivity contribution in [3.8, 4) is 6.07 Å². The normalized spacial score (nSPS) is 18.8. The molecule has 140 valence electrons. The van der Waals surface area contributed by atoms with Gasteiger partial charge in [0.1, 0.15) is 11.4 Å². The van der Waals surface area contributed by atoms with Gasteiger partial charge in [0.25, 0.3) is 5.56 Å². The number of carbonyl (C=O) groups is 1. The van der Waals surface area contributed by atoms with Gasteiger partial charge in [0.2, 0.25) is 5.91 Å². The van der Waals surface area contributed by atoms with Crippen LogP contribution in [0.25, 0.3) is 10.9 Å². The van der Waals surface area contributed by atoms with E-state index in [9.17, 15) is 14.9 Å². The fourth-order valence-electron chi connectivity index (χ4n) is 4.05. The van der Waals surface area contributed by atoms with Crippen molar-refractivity contribution in [2.45, 2.75) is 69.4 Å². The maximum absolute atomic E-state index is 12.9. The molecule has 0 saturated heterocycles. The molecule has 2 fully saturated rings. The molecule has 2 aromatic rings. The number of amides is 1. The van der Waals surface area contributed by atoms with Gasteiger partial charge in [-0.05, 0) is 37.8 Å². The predicted molar refractivity (Wildman–Crippen MR) is 102 cm³/mol. The molecule has 1 amide bonds. The number of nitriles is 1. The molecule has 2 saturated carbocycles. The van der Waals surface area contributed by atoms with Crippen LogP contribution in [0.1, 0.15) is 63.2 Å². The molecule has 2 aliphatic carbocycles. The van der Waals surface area contributed by atoms with Crippen LogP contribution < -0.4 is 10.9 Å². The number of hydrogen-bond acceptors (Lipinski definition) is 4. The summed E-state index contributed by atoms with van der Waals surface area (Å²) in [5, 5.41) is 13.1. The fraction of sp³-hybridized carbons (Fsp3) is 0.524. The summed E-state index contributed by atoms with van der Waals surface area (Å²) in [7, 11) is 0. The monoisotopic (exact) mass is 364 g/mol. The van der Waals surface area contributed by atoms with Gasteiger partial charge in [0.15, 0.2) is 0 Å². The summed E-state index contributed by atoms with van der Waals surface area (Å²) in [6.07, 6.45) is 7.11. The van der Waals surface area contributed by atoms with E-state index >= 15 is 0 Å². The lowest BCUT2D eigenvalue weighted by molar-refractivity contribution is -0.122. The lowest BCUT2D eigenvalue weighted by atomic mass is 9.83. The maximum atomic E-state index is 12.9. The van der Waals surface area contributed by atoms with Gasteiger partial charge < -0.3 is 5.32 Å². The van der Waals surface area contributed by atoms with E-state index in [0.717, 1.165) is 44.9 Å². The van der Waals surface area contributed by atoms with Crippen LogP contribution in [0.15, 0.2) is 29.1 Å². The lowest BCUT2D eigenvalue weighted by Crippen LogP contribution is -2.48. The minimum absolute atomic E-state index is 0.0146. The van der Waals surface area contributed by atoms with Gasteiger partial charge in [-0.3, -0.25) is 14.2 Å². The number of aromatic nitrogens is 2. The van der Waals surface area contributed by atoms with E-state index in [0.29, 0.717) is 23.1 Å². The third-order valence-electron chi connectivity index (χ3n) is 5.67. The maximum Gasteiger partial charge on any atom is 0.261 e. The Balaban J connectivity index is 1.53. The second-order valence-corrected chi connectivity index (χ2v) is 7.75. The zero-order valence-corrected chi connectivity index (χ0v) is 15.4. The molecule has 27 heavy (non-hydrogen) atoms. The van der Waals surface area contributed by atoms with E-state index in [-0.39, 0.29) is 23.9 Å². The quantitative estimate of drug-likeness (QED) is 0.883. The molecule has 0 spiro atoms. The first-order valence-electron chi connectivity index (χ1n) is 9.84. The van der Waals surface area contributed by atoms with E-state index in [1.165, 1.54) is 0 Å². The summed E-state index contributed by atoms with van der Waals surface area (Å²) in [4.78, 5) is 30.1. The Morgan fingerprint density at radius 3 is 2.70 bits per heavy atom. The molecule has 4 rings (SSSR count). The fourth-order valence-corrected chi connectivity index (χ4v) is 4.05. The minimum Gasteiger partial charge on any atom is -0.338 e. The molecule has 6 heteroatoms. The smallest absolute Gasteiger partial charge is 0.261 e. The SMILES string of the molecule is N#CC1(NC(=O)CCc2nc3ccccc3c(=O)n2C2CC2)CCCCC1. The molecular weight excluding hydrogens is 340 g/mol. The van der Waals surface area contributed by atoms with Gasteiger partial charge in [-0.2, -0.15) is 5.26 Å². The van der Waals surface area contributed by atoms with Gasteiger partial charge >= 0.3 is 0 Å². The van der Waals surface area contributed by atoms with Crippen molar-refractivity contribution in [1.29, 1.82) is 5.26 Å². The van der Waals surface area contributed by atoms with Crippen molar-refractivity contribution in [2.75, 3.05) is 0 Å². The van der Waals surface area contributed by atoms with Gasteiger partial charge in [0.05, 0.1) is 17.0 Å². The Morgan fingerprint density at radius 2 is 2.00 bits per heavy atom. The summed E-state index contributed by atoms with van der Waals surface area (Å²) in [6, 6.07) is 9.88. The molecule has 0 radical (unpaired) electrons. The molecule has 0 atom stereocenters. The summed E-state index contributed by atoms with van der Waals surface area (Å²) in [5.41, 5.74) is -0.0580. The summed E-state index contributed by atoms with van der Waals surface area (Å²) in [6.45, 7) is 0. The molecule has 0 unspecified atom stereocenters. The Hall–Kier alpha value is -2.68. The first-order valence-corrected chi connectivity index (χ1v) is 9.84. The van der Waals surface area contributed by atoms with Crippen LogP contribution in [-0.2, 0) is 11.2 Å². The Kier molecular flexibility index (Phi) is 4.69. The van der Waals surface area contributed by atoms with Crippen molar-refractivity contribution in [3.05, 3.63) is 40.4 Å². The minimum atomic E-state index is -0.720. The van der Waals surface area contributed by atoms with Crippen molar-refractivity contribution >= 4 is 16.8 Å². The van der Waals surface area contributed by atoms with Crippen LogP contribution in [0.3, 0.4) is 0 Å². The number of carbonyl (C=O) groups excluding carboxylic acids is 1. The highest BCUT2D eigenvalue weighted by Crippen LogP contribution is 2.35. The summed E-state index contributed by atoms with van der Waals surface area (Å²) in [5.74, 6) is 0.536. The Bertz CT molecular complexity index is 962. The molecule has 0 bridgehead atoms. The van der Waals surface area contributed by atoms with E-state index in [2.05, 4.69) is 16.4 Å². The predicted octanol–water partition coefficient (Wildman–Crippen LogP) is 3.01. The van der Waals surface area contributed by atoms with Crippen LogP contribution in [0.4, 0.5) is 0 Å². The molecule has 1 aromatic carbocycles. The average molecular weight is 364 g/mol. The number of fused-ring (bicyclic) bond motifs is 1. The van der Waals surface area contributed by atoms with Gasteiger partial charge in [-0.25, -0.2) is 4.98 Å². The van der Waals surface area contributed by atoms with Crippen molar-refractivity contribution < 1.29 is 4.79 Å². The van der Waals surface area contributed by atoms with Crippen LogP contribution in [0, 0.1) is 11.3 Å². The second-order valence-electron chi connectivity index (χ2n) is 7.75. The molecule has 2 aliphatic rings. The third kappa shape index (κ3) is 3.59. The van der Waals surface area contributed by atoms with Crippen LogP contribution in [-0.4, -0.2) is 21.0 Å². The first-order chi connectivity index (χ1) is 13.1. The highest BCUT2D eigenvalue weighted by atomic mass is 16.1. The van der Waals surface area contributed by atoms with E-state index in [1.54, 1.807) is 10.6 Å². The number of rotatable bonds is 5. The summed E-state index contributed by atoms with van der Waals surface area (Å²) < 4.78 is 1.77. The van der Waals surface area contributed by atoms with Crippen molar-refractivity contribution in [1.82, 2.24) is 14.9 Å². The van der Waals surface area contributed by atoms with E-state index < -0.39 is 5.54 Å². The van der Waals surface area contributed by atoms with Crippen LogP contribution in [0.2, 0.25) is 0 Å². The molecule has 0 aliphatic heterocycles. The van der Waals surface area contributed by atoms with Crippen LogP contribution in [0.5, 0.6) is 0 Å². The summed E-state index contributed by atoms with van der Waals surface area (Å²) >= 11 is 0. The number of nitrogens with one attached hydrogen (secondary N) is 1. The number of benzene rings is 1. The van der Waals surface area contributed by atoms with Crippen LogP contribution >= 0.6 is 0 Å². The lowest BCUT2D eigenvalue weighted by Gasteiger charge is -2.31. The molecule has 1 aromatic heterocycles. The van der Waals surface area contributed by atoms with E-state index in [4.69, 9.17) is 0 Å². The zero-order chi connectivity index (χ0) is 18.9. The Labute approximate surface area is 158 Å².